The van der Waals surface area contributed by atoms with Crippen LogP contribution in [0.15, 0.2) is 30.3 Å². The molecule has 1 rings (SSSR count). The number of nitrogens with one attached hydrogen (secondary N) is 2. The van der Waals surface area contributed by atoms with E-state index in [9.17, 15) is 18.0 Å². The van der Waals surface area contributed by atoms with Gasteiger partial charge in [-0.2, -0.15) is 8.42 Å². The summed E-state index contributed by atoms with van der Waals surface area (Å²) in [4.78, 5) is 24.4. The molecule has 0 radical (unpaired) electrons. The Morgan fingerprint density at radius 1 is 1.15 bits per heavy atom. The fraction of sp³-hybridized carbons (Fsp3) is 0.529. The van der Waals surface area contributed by atoms with Crippen molar-refractivity contribution in [3.63, 3.8) is 0 Å². The Morgan fingerprint density at radius 2 is 1.77 bits per heavy atom. The lowest BCUT2D eigenvalue weighted by atomic mass is 10.1. The minimum atomic E-state index is -3.55. The first-order valence-corrected chi connectivity index (χ1v) is 9.98. The second-order valence-electron chi connectivity index (χ2n) is 6.72. The SMILES string of the molecule is CC(C)(C)OC(=O)N[C@H](CCCOS(C)(=O)=O)C(=O)Nc1ccccc1. The van der Waals surface area contributed by atoms with E-state index in [4.69, 9.17) is 4.74 Å². The molecule has 9 heteroatoms. The first-order chi connectivity index (χ1) is 12.0. The van der Waals surface area contributed by atoms with Crippen LogP contribution in [-0.2, 0) is 23.8 Å². The third-order valence-corrected chi connectivity index (χ3v) is 3.58. The highest BCUT2D eigenvalue weighted by atomic mass is 32.2. The van der Waals surface area contributed by atoms with Gasteiger partial charge in [0.25, 0.3) is 10.1 Å². The van der Waals surface area contributed by atoms with Gasteiger partial charge in [-0.05, 0) is 45.7 Å². The summed E-state index contributed by atoms with van der Waals surface area (Å²) in [6, 6.07) is 7.89. The van der Waals surface area contributed by atoms with Gasteiger partial charge < -0.3 is 15.4 Å². The highest BCUT2D eigenvalue weighted by molar-refractivity contribution is 7.85. The molecule has 0 aliphatic carbocycles. The summed E-state index contributed by atoms with van der Waals surface area (Å²) in [6.07, 6.45) is 0.670. The number of anilines is 1. The number of benzene rings is 1. The zero-order valence-electron chi connectivity index (χ0n) is 15.4. The van der Waals surface area contributed by atoms with Crippen molar-refractivity contribution in [3.05, 3.63) is 30.3 Å². The number of rotatable bonds is 8. The lowest BCUT2D eigenvalue weighted by molar-refractivity contribution is -0.118. The molecule has 0 aliphatic rings. The van der Waals surface area contributed by atoms with Crippen molar-refractivity contribution in [3.8, 4) is 0 Å². The van der Waals surface area contributed by atoms with Gasteiger partial charge in [-0.1, -0.05) is 18.2 Å². The zero-order chi connectivity index (χ0) is 19.8. The fourth-order valence-electron chi connectivity index (χ4n) is 1.97. The van der Waals surface area contributed by atoms with Crippen LogP contribution in [0.3, 0.4) is 0 Å². The third-order valence-electron chi connectivity index (χ3n) is 2.98. The van der Waals surface area contributed by atoms with Gasteiger partial charge in [0.1, 0.15) is 11.6 Å². The largest absolute Gasteiger partial charge is 0.444 e. The van der Waals surface area contributed by atoms with E-state index in [2.05, 4.69) is 14.8 Å². The van der Waals surface area contributed by atoms with Gasteiger partial charge in [-0.15, -0.1) is 0 Å². The summed E-state index contributed by atoms with van der Waals surface area (Å²) < 4.78 is 31.8. The van der Waals surface area contributed by atoms with Crippen molar-refractivity contribution in [1.82, 2.24) is 5.32 Å². The first-order valence-electron chi connectivity index (χ1n) is 8.16. The predicted molar refractivity (Wildman–Crippen MR) is 98.3 cm³/mol. The Kier molecular flexibility index (Phi) is 8.04. The lowest BCUT2D eigenvalue weighted by Crippen LogP contribution is -2.45. The summed E-state index contributed by atoms with van der Waals surface area (Å²) in [7, 11) is -3.55. The molecule has 0 spiro atoms. The van der Waals surface area contributed by atoms with Crippen molar-refractivity contribution in [2.45, 2.75) is 45.3 Å². The summed E-state index contributed by atoms with van der Waals surface area (Å²) in [5.74, 6) is -0.429. The molecule has 146 valence electrons. The number of hydrogen-bond acceptors (Lipinski definition) is 6. The van der Waals surface area contributed by atoms with Crippen LogP contribution in [0.1, 0.15) is 33.6 Å². The van der Waals surface area contributed by atoms with Crippen LogP contribution >= 0.6 is 0 Å². The van der Waals surface area contributed by atoms with Crippen molar-refractivity contribution in [2.24, 2.45) is 0 Å². The molecule has 2 N–H and O–H groups in total. The number of carbonyl (C=O) groups is 2. The molecule has 2 amide bonds. The maximum Gasteiger partial charge on any atom is 0.408 e. The molecule has 0 unspecified atom stereocenters. The zero-order valence-corrected chi connectivity index (χ0v) is 16.3. The predicted octanol–water partition coefficient (Wildman–Crippen LogP) is 2.27. The van der Waals surface area contributed by atoms with Crippen LogP contribution in [0.4, 0.5) is 10.5 Å². The monoisotopic (exact) mass is 386 g/mol. The average Bonchev–Trinajstić information content (AvgIpc) is 2.48. The first kappa shape index (κ1) is 21.9. The highest BCUT2D eigenvalue weighted by Crippen LogP contribution is 2.10. The minimum absolute atomic E-state index is 0.0794. The molecule has 0 fully saturated rings. The summed E-state index contributed by atoms with van der Waals surface area (Å²) in [5.41, 5.74) is -0.120. The van der Waals surface area contributed by atoms with Crippen molar-refractivity contribution < 1.29 is 26.9 Å². The summed E-state index contributed by atoms with van der Waals surface area (Å²) >= 11 is 0. The van der Waals surface area contributed by atoms with Crippen LogP contribution in [0.2, 0.25) is 0 Å². The van der Waals surface area contributed by atoms with Gasteiger partial charge in [0.2, 0.25) is 5.91 Å². The number of carbonyl (C=O) groups excluding carboxylic acids is 2. The van der Waals surface area contributed by atoms with Gasteiger partial charge in [0, 0.05) is 5.69 Å². The number of para-hydroxylation sites is 1. The number of amides is 2. The molecule has 0 saturated heterocycles. The quantitative estimate of drug-likeness (QED) is 0.524. The van der Waals surface area contributed by atoms with Gasteiger partial charge in [0.05, 0.1) is 12.9 Å². The van der Waals surface area contributed by atoms with Gasteiger partial charge in [0.15, 0.2) is 0 Å². The highest BCUT2D eigenvalue weighted by Gasteiger charge is 2.24. The van der Waals surface area contributed by atoms with E-state index in [0.29, 0.717) is 5.69 Å². The van der Waals surface area contributed by atoms with Crippen molar-refractivity contribution in [2.75, 3.05) is 18.2 Å². The van der Waals surface area contributed by atoms with E-state index in [0.717, 1.165) is 6.26 Å². The molecule has 0 heterocycles. The van der Waals surface area contributed by atoms with Gasteiger partial charge in [-0.3, -0.25) is 8.98 Å². The summed E-state index contributed by atoms with van der Waals surface area (Å²) in [5, 5.41) is 5.21. The average molecular weight is 386 g/mol. The second kappa shape index (κ2) is 9.54. The van der Waals surface area contributed by atoms with Crippen LogP contribution in [0.5, 0.6) is 0 Å². The standard InChI is InChI=1S/C17H26N2O6S/c1-17(2,3)25-16(21)19-14(11-8-12-24-26(4,22)23)15(20)18-13-9-6-5-7-10-13/h5-7,9-10,14H,8,11-12H2,1-4H3,(H,18,20)(H,19,21)/t14-/m1/s1. The van der Waals surface area contributed by atoms with Crippen LogP contribution in [0, 0.1) is 0 Å². The Morgan fingerprint density at radius 3 is 2.31 bits per heavy atom. The molecular formula is C17H26N2O6S. The summed E-state index contributed by atoms with van der Waals surface area (Å²) in [6.45, 7) is 5.06. The smallest absolute Gasteiger partial charge is 0.408 e. The molecule has 0 saturated carbocycles. The van der Waals surface area contributed by atoms with Crippen molar-refractivity contribution in [1.29, 1.82) is 0 Å². The maximum atomic E-state index is 12.5. The third kappa shape index (κ3) is 10.00. The van der Waals surface area contributed by atoms with E-state index in [1.807, 2.05) is 6.07 Å². The Balaban J connectivity index is 2.70. The van der Waals surface area contributed by atoms with E-state index in [1.54, 1.807) is 45.0 Å². The molecule has 0 bridgehead atoms. The maximum absolute atomic E-state index is 12.5. The number of hydrogen-bond donors (Lipinski definition) is 2. The minimum Gasteiger partial charge on any atom is -0.444 e. The van der Waals surface area contributed by atoms with E-state index < -0.39 is 33.8 Å². The van der Waals surface area contributed by atoms with Crippen molar-refractivity contribution >= 4 is 27.8 Å². The number of ether oxygens (including phenoxy) is 1. The van der Waals surface area contributed by atoms with Gasteiger partial charge in [-0.25, -0.2) is 4.79 Å². The molecule has 8 nitrogen and oxygen atoms in total. The van der Waals surface area contributed by atoms with Crippen LogP contribution in [-0.4, -0.2) is 44.9 Å². The molecule has 0 aliphatic heterocycles. The molecule has 1 atom stereocenters. The van der Waals surface area contributed by atoms with Gasteiger partial charge >= 0.3 is 6.09 Å². The topological polar surface area (TPSA) is 111 Å². The van der Waals surface area contributed by atoms with E-state index >= 15 is 0 Å². The van der Waals surface area contributed by atoms with E-state index in [-0.39, 0.29) is 19.4 Å². The lowest BCUT2D eigenvalue weighted by Gasteiger charge is -2.23. The molecule has 26 heavy (non-hydrogen) atoms. The Bertz CT molecular complexity index is 698. The van der Waals surface area contributed by atoms with Crippen LogP contribution in [0.25, 0.3) is 0 Å². The molecular weight excluding hydrogens is 360 g/mol. The normalized spacial score (nSPS) is 12.9. The van der Waals surface area contributed by atoms with E-state index in [1.165, 1.54) is 0 Å². The molecule has 0 aromatic heterocycles. The van der Waals surface area contributed by atoms with Crippen LogP contribution < -0.4 is 10.6 Å². The molecule has 1 aromatic carbocycles. The molecule has 1 aromatic rings. The fourth-order valence-corrected chi connectivity index (χ4v) is 2.39. The Hall–Kier alpha value is -2.13. The second-order valence-corrected chi connectivity index (χ2v) is 8.37. The number of alkyl carbamates (subject to hydrolysis) is 1. The Labute approximate surface area is 154 Å².